The summed E-state index contributed by atoms with van der Waals surface area (Å²) in [5.41, 5.74) is 9.46. The monoisotopic (exact) mass is 319 g/mol. The maximum atomic E-state index is 13.7. The number of rotatable bonds is 6. The lowest BCUT2D eigenvalue weighted by Gasteiger charge is -2.20. The number of carbonyl (C=O) groups excluding carboxylic acids is 1. The van der Waals surface area contributed by atoms with Gasteiger partial charge in [-0.2, -0.15) is 0 Å². The minimum atomic E-state index is -4.03. The van der Waals surface area contributed by atoms with Crippen LogP contribution in [-0.2, 0) is 14.8 Å². The van der Waals surface area contributed by atoms with E-state index in [2.05, 4.69) is 4.72 Å². The molecule has 21 heavy (non-hydrogen) atoms. The van der Waals surface area contributed by atoms with Gasteiger partial charge in [0.15, 0.2) is 11.6 Å². The number of methoxy groups -OCH3 is 1. The summed E-state index contributed by atoms with van der Waals surface area (Å²) < 4.78 is 44.7. The van der Waals surface area contributed by atoms with Gasteiger partial charge in [-0.05, 0) is 26.0 Å². The van der Waals surface area contributed by atoms with Crippen molar-refractivity contribution in [1.29, 1.82) is 0 Å². The third-order valence-corrected chi connectivity index (χ3v) is 4.31. The van der Waals surface area contributed by atoms with Gasteiger partial charge in [0.1, 0.15) is 0 Å². The van der Waals surface area contributed by atoms with Crippen LogP contribution in [0.3, 0.4) is 0 Å². The lowest BCUT2D eigenvalue weighted by Crippen LogP contribution is -2.42. The van der Waals surface area contributed by atoms with E-state index in [0.717, 1.165) is 12.1 Å². The highest BCUT2D eigenvalue weighted by molar-refractivity contribution is 7.89. The Kier molecular flexibility index (Phi) is 4.79. The van der Waals surface area contributed by atoms with E-state index in [4.69, 9.17) is 16.2 Å². The van der Waals surface area contributed by atoms with Gasteiger partial charge in [0.2, 0.25) is 15.9 Å². The predicted octanol–water partition coefficient (Wildman–Crippen LogP) is 0.206. The van der Waals surface area contributed by atoms with Crippen LogP contribution < -0.4 is 20.9 Å². The molecule has 1 rings (SSSR count). The van der Waals surface area contributed by atoms with Gasteiger partial charge in [-0.15, -0.1) is 0 Å². The van der Waals surface area contributed by atoms with E-state index in [-0.39, 0.29) is 22.9 Å². The van der Waals surface area contributed by atoms with Gasteiger partial charge in [0.05, 0.1) is 23.1 Å². The van der Waals surface area contributed by atoms with E-state index in [1.807, 2.05) is 0 Å². The summed E-state index contributed by atoms with van der Waals surface area (Å²) in [6.07, 6.45) is 0. The largest absolute Gasteiger partial charge is 0.492 e. The molecule has 0 bridgehead atoms. The number of benzene rings is 1. The van der Waals surface area contributed by atoms with E-state index >= 15 is 0 Å². The SMILES string of the molecule is COc1c(N)cc(S(=O)(=O)NCC(C)(C)C(N)=O)cc1F. The van der Waals surface area contributed by atoms with E-state index in [1.54, 1.807) is 0 Å². The summed E-state index contributed by atoms with van der Waals surface area (Å²) in [5, 5.41) is 0. The van der Waals surface area contributed by atoms with Crippen LogP contribution in [0, 0.1) is 11.2 Å². The molecule has 0 heterocycles. The number of nitrogens with two attached hydrogens (primary N) is 2. The molecular formula is C12H18FN3O4S. The summed E-state index contributed by atoms with van der Waals surface area (Å²) in [7, 11) is -2.81. The van der Waals surface area contributed by atoms with Gasteiger partial charge in [-0.1, -0.05) is 0 Å². The number of ether oxygens (including phenoxy) is 1. The van der Waals surface area contributed by atoms with Gasteiger partial charge in [-0.25, -0.2) is 17.5 Å². The Morgan fingerprint density at radius 2 is 2.00 bits per heavy atom. The van der Waals surface area contributed by atoms with Crippen LogP contribution in [-0.4, -0.2) is 28.0 Å². The molecule has 1 aromatic rings. The van der Waals surface area contributed by atoms with E-state index in [0.29, 0.717) is 0 Å². The smallest absolute Gasteiger partial charge is 0.240 e. The number of halogens is 1. The number of hydrogen-bond donors (Lipinski definition) is 3. The fourth-order valence-electron chi connectivity index (χ4n) is 1.41. The van der Waals surface area contributed by atoms with Gasteiger partial charge < -0.3 is 16.2 Å². The highest BCUT2D eigenvalue weighted by atomic mass is 32.2. The van der Waals surface area contributed by atoms with E-state index < -0.39 is 27.2 Å². The number of primary amides is 1. The third kappa shape index (κ3) is 3.82. The number of nitrogens with one attached hydrogen (secondary N) is 1. The maximum absolute atomic E-state index is 13.7. The first-order valence-corrected chi connectivity index (χ1v) is 7.42. The van der Waals surface area contributed by atoms with Crippen molar-refractivity contribution in [3.05, 3.63) is 17.9 Å². The Morgan fingerprint density at radius 3 is 2.43 bits per heavy atom. The second-order valence-corrected chi connectivity index (χ2v) is 6.87. The van der Waals surface area contributed by atoms with Gasteiger partial charge >= 0.3 is 0 Å². The highest BCUT2D eigenvalue weighted by Gasteiger charge is 2.28. The van der Waals surface area contributed by atoms with Crippen LogP contribution >= 0.6 is 0 Å². The minimum absolute atomic E-state index is 0.146. The summed E-state index contributed by atoms with van der Waals surface area (Å²) in [6, 6.07) is 1.86. The summed E-state index contributed by atoms with van der Waals surface area (Å²) in [4.78, 5) is 10.8. The van der Waals surface area contributed by atoms with E-state index in [9.17, 15) is 17.6 Å². The van der Waals surface area contributed by atoms with Crippen LogP contribution in [0.5, 0.6) is 5.75 Å². The fraction of sp³-hybridized carbons (Fsp3) is 0.417. The van der Waals surface area contributed by atoms with E-state index in [1.165, 1.54) is 21.0 Å². The molecule has 0 radical (unpaired) electrons. The van der Waals surface area contributed by atoms with Crippen molar-refractivity contribution in [2.24, 2.45) is 11.1 Å². The molecule has 0 aliphatic heterocycles. The quantitative estimate of drug-likeness (QED) is 0.646. The minimum Gasteiger partial charge on any atom is -0.492 e. The number of hydrogen-bond acceptors (Lipinski definition) is 5. The number of nitrogen functional groups attached to an aromatic ring is 1. The molecule has 0 aliphatic rings. The van der Waals surface area contributed by atoms with Gasteiger partial charge in [0.25, 0.3) is 0 Å². The standard InChI is InChI=1S/C12H18FN3O4S/c1-12(2,11(15)17)6-16-21(18,19)7-4-8(13)10(20-3)9(14)5-7/h4-5,16H,6,14H2,1-3H3,(H2,15,17). The van der Waals surface area contributed by atoms with Crippen molar-refractivity contribution in [3.63, 3.8) is 0 Å². The molecule has 0 atom stereocenters. The lowest BCUT2D eigenvalue weighted by molar-refractivity contribution is -0.125. The molecule has 5 N–H and O–H groups in total. The summed E-state index contributed by atoms with van der Waals surface area (Å²) in [6.45, 7) is 2.75. The van der Waals surface area contributed by atoms with Crippen molar-refractivity contribution < 1.29 is 22.3 Å². The molecule has 1 amide bonds. The molecular weight excluding hydrogens is 301 g/mol. The first-order chi connectivity index (χ1) is 9.51. The number of carbonyl (C=O) groups is 1. The van der Waals surface area contributed by atoms with Crippen molar-refractivity contribution in [2.45, 2.75) is 18.7 Å². The van der Waals surface area contributed by atoms with Crippen LogP contribution in [0.25, 0.3) is 0 Å². The maximum Gasteiger partial charge on any atom is 0.240 e. The summed E-state index contributed by atoms with van der Waals surface area (Å²) in [5.74, 6) is -1.79. The first-order valence-electron chi connectivity index (χ1n) is 5.94. The highest BCUT2D eigenvalue weighted by Crippen LogP contribution is 2.28. The number of amides is 1. The zero-order valence-electron chi connectivity index (χ0n) is 11.9. The van der Waals surface area contributed by atoms with Crippen molar-refractivity contribution in [2.75, 3.05) is 19.4 Å². The Bertz CT molecular complexity index is 635. The second kappa shape index (κ2) is 5.86. The molecule has 0 unspecified atom stereocenters. The average Bonchev–Trinajstić information content (AvgIpc) is 2.36. The second-order valence-electron chi connectivity index (χ2n) is 5.10. The number of anilines is 1. The molecule has 118 valence electrons. The number of sulfonamides is 1. The molecule has 0 saturated heterocycles. The lowest BCUT2D eigenvalue weighted by atomic mass is 9.93. The zero-order chi connectivity index (χ0) is 16.4. The van der Waals surface area contributed by atoms with Crippen molar-refractivity contribution in [3.8, 4) is 5.75 Å². The Morgan fingerprint density at radius 1 is 1.43 bits per heavy atom. The van der Waals surface area contributed by atoms with Crippen LogP contribution in [0.2, 0.25) is 0 Å². The van der Waals surface area contributed by atoms with Gasteiger partial charge in [-0.3, -0.25) is 4.79 Å². The first kappa shape index (κ1) is 17.2. The Labute approximate surface area is 122 Å². The molecule has 1 aromatic carbocycles. The van der Waals surface area contributed by atoms with Gasteiger partial charge in [0, 0.05) is 6.54 Å². The molecule has 0 saturated carbocycles. The zero-order valence-corrected chi connectivity index (χ0v) is 12.8. The normalized spacial score (nSPS) is 12.2. The fourth-order valence-corrected chi connectivity index (χ4v) is 2.66. The molecule has 9 heteroatoms. The van der Waals surface area contributed by atoms with Crippen molar-refractivity contribution >= 4 is 21.6 Å². The van der Waals surface area contributed by atoms with Crippen molar-refractivity contribution in [1.82, 2.24) is 4.72 Å². The van der Waals surface area contributed by atoms with Crippen LogP contribution in [0.15, 0.2) is 17.0 Å². The Balaban J connectivity index is 3.07. The predicted molar refractivity (Wildman–Crippen MR) is 75.5 cm³/mol. The Hall–Kier alpha value is -1.87. The molecule has 0 fully saturated rings. The third-order valence-electron chi connectivity index (χ3n) is 2.93. The summed E-state index contributed by atoms with van der Waals surface area (Å²) >= 11 is 0. The average molecular weight is 319 g/mol. The topological polar surface area (TPSA) is 125 Å². The van der Waals surface area contributed by atoms with Crippen LogP contribution in [0.1, 0.15) is 13.8 Å². The molecule has 0 spiro atoms. The molecule has 7 nitrogen and oxygen atoms in total. The molecule has 0 aromatic heterocycles. The van der Waals surface area contributed by atoms with Crippen LogP contribution in [0.4, 0.5) is 10.1 Å². The molecule has 0 aliphatic carbocycles.